The first-order chi connectivity index (χ1) is 27.8. The number of para-hydroxylation sites is 2. The van der Waals surface area contributed by atoms with E-state index in [1.807, 2.05) is 12.4 Å². The van der Waals surface area contributed by atoms with E-state index >= 15 is 0 Å². The average molecular weight is 714 g/mol. The van der Waals surface area contributed by atoms with E-state index in [1.165, 1.54) is 65.9 Å². The Morgan fingerprint density at radius 1 is 0.250 bits per heavy atom. The SMILES string of the molecule is c1ccc(-c2ccc3c4ccc(-c5cncc(-c6ccc7c8ccc(-c9ccccc9)cc8n(-c8ccccc8)c7c6)c5)cc4n(-c4ccccc4)c3c2)cc1. The minimum Gasteiger partial charge on any atom is -0.309 e. The van der Waals surface area contributed by atoms with Crippen molar-refractivity contribution in [3.63, 3.8) is 0 Å². The van der Waals surface area contributed by atoms with Crippen LogP contribution < -0.4 is 0 Å². The third-order valence-electron chi connectivity index (χ3n) is 11.2. The molecule has 0 atom stereocenters. The number of rotatable bonds is 6. The molecule has 0 N–H and O–H groups in total. The van der Waals surface area contributed by atoms with Crippen LogP contribution in [0.15, 0.2) is 213 Å². The second-order valence-electron chi connectivity index (χ2n) is 14.5. The molecule has 262 valence electrons. The fraction of sp³-hybridized carbons (Fsp3) is 0. The van der Waals surface area contributed by atoms with E-state index in [1.54, 1.807) is 0 Å². The summed E-state index contributed by atoms with van der Waals surface area (Å²) < 4.78 is 4.80. The van der Waals surface area contributed by atoms with Crippen molar-refractivity contribution in [2.45, 2.75) is 0 Å². The summed E-state index contributed by atoms with van der Waals surface area (Å²) in [6, 6.07) is 72.2. The average Bonchev–Trinajstić information content (AvgIpc) is 3.78. The lowest BCUT2D eigenvalue weighted by molar-refractivity contribution is 1.18. The summed E-state index contributed by atoms with van der Waals surface area (Å²) >= 11 is 0. The quantitative estimate of drug-likeness (QED) is 0.168. The maximum atomic E-state index is 4.82. The summed E-state index contributed by atoms with van der Waals surface area (Å²) in [5.41, 5.74) is 16.2. The minimum absolute atomic E-state index is 1.08. The van der Waals surface area contributed by atoms with Crippen molar-refractivity contribution in [3.05, 3.63) is 213 Å². The first-order valence-corrected chi connectivity index (χ1v) is 19.1. The van der Waals surface area contributed by atoms with E-state index in [9.17, 15) is 0 Å². The van der Waals surface area contributed by atoms with Gasteiger partial charge >= 0.3 is 0 Å². The zero-order chi connectivity index (χ0) is 37.0. The zero-order valence-electron chi connectivity index (χ0n) is 30.5. The topological polar surface area (TPSA) is 22.8 Å². The molecule has 0 aliphatic carbocycles. The zero-order valence-corrected chi connectivity index (χ0v) is 30.5. The first-order valence-electron chi connectivity index (χ1n) is 19.1. The molecule has 0 fully saturated rings. The van der Waals surface area contributed by atoms with Crippen molar-refractivity contribution in [2.24, 2.45) is 0 Å². The highest BCUT2D eigenvalue weighted by Crippen LogP contribution is 2.39. The van der Waals surface area contributed by atoms with E-state index in [2.05, 4.69) is 209 Å². The molecule has 8 aromatic carbocycles. The highest BCUT2D eigenvalue weighted by molar-refractivity contribution is 6.12. The molecule has 0 saturated heterocycles. The standard InChI is InChI=1S/C53H35N3/c1-5-13-36(14-6-1)38-21-25-46-48-27-23-40(32-52(48)55(50(46)30-38)44-17-9-3-10-18-44)42-29-43(35-54-34-42)41-24-28-49-47-26-22-39(37-15-7-2-8-16-37)31-51(47)56(53(49)33-41)45-19-11-4-12-20-45/h1-35H. The van der Waals surface area contributed by atoms with Gasteiger partial charge in [-0.15, -0.1) is 0 Å². The lowest BCUT2D eigenvalue weighted by atomic mass is 9.99. The van der Waals surface area contributed by atoms with Gasteiger partial charge in [-0.3, -0.25) is 4.98 Å². The molecule has 3 nitrogen and oxygen atoms in total. The predicted octanol–water partition coefficient (Wildman–Crippen LogP) is 13.9. The molecule has 11 aromatic rings. The molecule has 3 aromatic heterocycles. The lowest BCUT2D eigenvalue weighted by Gasteiger charge is -2.11. The summed E-state index contributed by atoms with van der Waals surface area (Å²) in [7, 11) is 0. The number of fused-ring (bicyclic) bond motifs is 6. The van der Waals surface area contributed by atoms with Crippen LogP contribution in [0.1, 0.15) is 0 Å². The van der Waals surface area contributed by atoms with Gasteiger partial charge in [0.15, 0.2) is 0 Å². The van der Waals surface area contributed by atoms with Gasteiger partial charge in [0.2, 0.25) is 0 Å². The highest BCUT2D eigenvalue weighted by Gasteiger charge is 2.17. The normalized spacial score (nSPS) is 11.6. The van der Waals surface area contributed by atoms with Crippen LogP contribution in [0.3, 0.4) is 0 Å². The Balaban J connectivity index is 1.05. The van der Waals surface area contributed by atoms with Crippen molar-refractivity contribution in [3.8, 4) is 55.9 Å². The number of pyridine rings is 1. The summed E-state index contributed by atoms with van der Waals surface area (Å²) in [5, 5.41) is 4.93. The Kier molecular flexibility index (Phi) is 7.49. The first kappa shape index (κ1) is 32.0. The molecule has 0 spiro atoms. The number of nitrogens with zero attached hydrogens (tertiary/aromatic N) is 3. The van der Waals surface area contributed by atoms with Gasteiger partial charge in [0.05, 0.1) is 22.1 Å². The molecular weight excluding hydrogens is 679 g/mol. The van der Waals surface area contributed by atoms with E-state index in [0.29, 0.717) is 0 Å². The predicted molar refractivity (Wildman–Crippen MR) is 235 cm³/mol. The van der Waals surface area contributed by atoms with Crippen molar-refractivity contribution in [2.75, 3.05) is 0 Å². The minimum atomic E-state index is 1.08. The van der Waals surface area contributed by atoms with Gasteiger partial charge in [-0.2, -0.15) is 0 Å². The molecule has 11 rings (SSSR count). The monoisotopic (exact) mass is 713 g/mol. The third kappa shape index (κ3) is 5.32. The fourth-order valence-corrected chi connectivity index (χ4v) is 8.48. The van der Waals surface area contributed by atoms with Crippen LogP contribution in [0.25, 0.3) is 99.5 Å². The van der Waals surface area contributed by atoms with Crippen LogP contribution in [0, 0.1) is 0 Å². The second kappa shape index (κ2) is 13.1. The second-order valence-corrected chi connectivity index (χ2v) is 14.5. The van der Waals surface area contributed by atoms with Crippen molar-refractivity contribution >= 4 is 43.6 Å². The van der Waals surface area contributed by atoms with Gasteiger partial charge in [0, 0.05) is 56.4 Å². The molecule has 0 unspecified atom stereocenters. The molecule has 0 aliphatic heterocycles. The molecule has 3 heteroatoms. The highest BCUT2D eigenvalue weighted by atomic mass is 15.0. The van der Waals surface area contributed by atoms with Crippen molar-refractivity contribution in [1.82, 2.24) is 14.1 Å². The van der Waals surface area contributed by atoms with Gasteiger partial charge in [-0.1, -0.05) is 146 Å². The van der Waals surface area contributed by atoms with E-state index < -0.39 is 0 Å². The van der Waals surface area contributed by atoms with Crippen LogP contribution in [0.2, 0.25) is 0 Å². The summed E-state index contributed by atoms with van der Waals surface area (Å²) in [6.07, 6.45) is 3.97. The Morgan fingerprint density at radius 3 is 0.893 bits per heavy atom. The maximum Gasteiger partial charge on any atom is 0.0547 e. The maximum absolute atomic E-state index is 4.82. The summed E-state index contributed by atoms with van der Waals surface area (Å²) in [5.74, 6) is 0. The van der Waals surface area contributed by atoms with Gasteiger partial charge in [0.1, 0.15) is 0 Å². The van der Waals surface area contributed by atoms with Gasteiger partial charge < -0.3 is 9.13 Å². The van der Waals surface area contributed by atoms with Gasteiger partial charge in [-0.05, 0) is 88.0 Å². The van der Waals surface area contributed by atoms with Crippen LogP contribution in [-0.4, -0.2) is 14.1 Å². The largest absolute Gasteiger partial charge is 0.309 e. The van der Waals surface area contributed by atoms with Crippen molar-refractivity contribution < 1.29 is 0 Å². The van der Waals surface area contributed by atoms with Gasteiger partial charge in [-0.25, -0.2) is 0 Å². The number of aromatic nitrogens is 3. The number of benzene rings is 8. The molecule has 0 saturated carbocycles. The summed E-state index contributed by atoms with van der Waals surface area (Å²) in [6.45, 7) is 0. The Labute approximate surface area is 325 Å². The lowest BCUT2D eigenvalue weighted by Crippen LogP contribution is -1.94. The molecule has 0 radical (unpaired) electrons. The van der Waals surface area contributed by atoms with Crippen LogP contribution in [-0.2, 0) is 0 Å². The van der Waals surface area contributed by atoms with E-state index in [4.69, 9.17) is 4.98 Å². The molecule has 0 bridgehead atoms. The third-order valence-corrected chi connectivity index (χ3v) is 11.2. The molecule has 3 heterocycles. The van der Waals surface area contributed by atoms with Gasteiger partial charge in [0.25, 0.3) is 0 Å². The number of hydrogen-bond acceptors (Lipinski definition) is 1. The molecule has 0 aliphatic rings. The van der Waals surface area contributed by atoms with E-state index in [-0.39, 0.29) is 0 Å². The van der Waals surface area contributed by atoms with Crippen LogP contribution in [0.5, 0.6) is 0 Å². The van der Waals surface area contributed by atoms with Crippen molar-refractivity contribution in [1.29, 1.82) is 0 Å². The number of hydrogen-bond donors (Lipinski definition) is 0. The Hall–Kier alpha value is -7.49. The summed E-state index contributed by atoms with van der Waals surface area (Å²) in [4.78, 5) is 4.82. The molecule has 56 heavy (non-hydrogen) atoms. The smallest absolute Gasteiger partial charge is 0.0547 e. The van der Waals surface area contributed by atoms with Crippen LogP contribution in [0.4, 0.5) is 0 Å². The Morgan fingerprint density at radius 2 is 0.554 bits per heavy atom. The van der Waals surface area contributed by atoms with Crippen LogP contribution >= 0.6 is 0 Å². The molecule has 0 amide bonds. The Bertz CT molecular complexity index is 3000. The van der Waals surface area contributed by atoms with E-state index in [0.717, 1.165) is 33.6 Å². The molecular formula is C53H35N3. The fourth-order valence-electron chi connectivity index (χ4n) is 8.48.